The fourth-order valence-electron chi connectivity index (χ4n) is 0.219. The molecular formula is C5HN3O2. The Balaban J connectivity index is 4.52. The van der Waals surface area contributed by atoms with E-state index in [0.717, 1.165) is 18.4 Å². The monoisotopic (exact) mass is 135 g/mol. The smallest absolute Gasteiger partial charge is 0.211 e. The number of isocyanates is 2. The maximum absolute atomic E-state index is 9.51. The van der Waals surface area contributed by atoms with Gasteiger partial charge in [-0.25, -0.2) is 9.59 Å². The van der Waals surface area contributed by atoms with Gasteiger partial charge in [-0.1, -0.05) is 0 Å². The summed E-state index contributed by atoms with van der Waals surface area (Å²) in [6.45, 7) is 0. The molecule has 0 saturated heterocycles. The predicted octanol–water partition coefficient (Wildman–Crippen LogP) is 0.0230. The van der Waals surface area contributed by atoms with Gasteiger partial charge in [0.1, 0.15) is 6.07 Å². The number of nitriles is 1. The van der Waals surface area contributed by atoms with Crippen LogP contribution in [0, 0.1) is 11.3 Å². The molecule has 0 aliphatic carbocycles. The second-order valence-electron chi connectivity index (χ2n) is 1.05. The van der Waals surface area contributed by atoms with Crippen LogP contribution in [-0.4, -0.2) is 12.2 Å². The maximum atomic E-state index is 9.51. The molecule has 0 bridgehead atoms. The number of aliphatic imine (C=N–C) groups is 2. The Morgan fingerprint density at radius 1 is 1.40 bits per heavy atom. The first kappa shape index (κ1) is 7.99. The fourth-order valence-corrected chi connectivity index (χ4v) is 0.219. The van der Waals surface area contributed by atoms with Crippen LogP contribution in [0.15, 0.2) is 21.9 Å². The number of allylic oxidation sites excluding steroid dienone is 1. The molecule has 0 spiro atoms. The van der Waals surface area contributed by atoms with Gasteiger partial charge in [0.25, 0.3) is 0 Å². The van der Waals surface area contributed by atoms with E-state index in [1.54, 1.807) is 0 Å². The van der Waals surface area contributed by atoms with Gasteiger partial charge in [-0.15, -0.1) is 0 Å². The lowest BCUT2D eigenvalue weighted by Gasteiger charge is -1.73. The minimum atomic E-state index is -0.279. The van der Waals surface area contributed by atoms with Crippen LogP contribution in [0.25, 0.3) is 0 Å². The third-order valence-corrected chi connectivity index (χ3v) is 0.520. The Labute approximate surface area is 56.0 Å². The van der Waals surface area contributed by atoms with Gasteiger partial charge in [0.2, 0.25) is 12.2 Å². The van der Waals surface area contributed by atoms with E-state index in [2.05, 4.69) is 9.98 Å². The third-order valence-electron chi connectivity index (χ3n) is 0.520. The zero-order chi connectivity index (χ0) is 7.82. The first-order valence-corrected chi connectivity index (χ1v) is 2.10. The molecule has 0 fully saturated rings. The Morgan fingerprint density at radius 2 is 2.10 bits per heavy atom. The van der Waals surface area contributed by atoms with E-state index in [1.165, 1.54) is 6.07 Å². The zero-order valence-corrected chi connectivity index (χ0v) is 4.74. The SMILES string of the molecule is N#C/C(=C/N=C=O)N=C=O. The minimum absolute atomic E-state index is 0.279. The Morgan fingerprint density at radius 3 is 2.50 bits per heavy atom. The highest BCUT2D eigenvalue weighted by molar-refractivity contribution is 5.42. The Bertz CT molecular complexity index is 274. The summed E-state index contributed by atoms with van der Waals surface area (Å²) in [4.78, 5) is 24.8. The van der Waals surface area contributed by atoms with Gasteiger partial charge >= 0.3 is 0 Å². The molecule has 0 atom stereocenters. The summed E-state index contributed by atoms with van der Waals surface area (Å²) in [7, 11) is 0. The second-order valence-corrected chi connectivity index (χ2v) is 1.05. The van der Waals surface area contributed by atoms with Crippen LogP contribution in [0.2, 0.25) is 0 Å². The quantitative estimate of drug-likeness (QED) is 0.304. The molecule has 0 aliphatic rings. The minimum Gasteiger partial charge on any atom is -0.211 e. The molecular weight excluding hydrogens is 134 g/mol. The number of carbonyl (C=O) groups excluding carboxylic acids is 2. The molecule has 5 nitrogen and oxygen atoms in total. The highest BCUT2D eigenvalue weighted by Gasteiger charge is 1.85. The van der Waals surface area contributed by atoms with Crippen molar-refractivity contribution in [3.63, 3.8) is 0 Å². The lowest BCUT2D eigenvalue weighted by molar-refractivity contribution is 0.563. The summed E-state index contributed by atoms with van der Waals surface area (Å²) in [5, 5.41) is 8.10. The van der Waals surface area contributed by atoms with Crippen LogP contribution < -0.4 is 0 Å². The van der Waals surface area contributed by atoms with Crippen LogP contribution >= 0.6 is 0 Å². The molecule has 0 aromatic carbocycles. The zero-order valence-electron chi connectivity index (χ0n) is 4.74. The molecule has 5 heteroatoms. The van der Waals surface area contributed by atoms with Crippen molar-refractivity contribution in [2.24, 2.45) is 9.98 Å². The van der Waals surface area contributed by atoms with Crippen LogP contribution in [0.1, 0.15) is 0 Å². The van der Waals surface area contributed by atoms with Crippen LogP contribution in [-0.2, 0) is 9.59 Å². The lowest BCUT2D eigenvalue weighted by atomic mass is 10.5. The number of hydrogen-bond donors (Lipinski definition) is 0. The molecule has 0 heterocycles. The van der Waals surface area contributed by atoms with Crippen molar-refractivity contribution in [2.75, 3.05) is 0 Å². The summed E-state index contributed by atoms with van der Waals surface area (Å²) in [6, 6.07) is 1.50. The van der Waals surface area contributed by atoms with Crippen molar-refractivity contribution in [3.05, 3.63) is 11.9 Å². The Hall–Kier alpha value is -2.01. The van der Waals surface area contributed by atoms with Gasteiger partial charge < -0.3 is 0 Å². The Kier molecular flexibility index (Phi) is 4.10. The third kappa shape index (κ3) is 3.05. The number of hydrogen-bond acceptors (Lipinski definition) is 5. The highest BCUT2D eigenvalue weighted by atomic mass is 16.1. The second kappa shape index (κ2) is 5.13. The van der Waals surface area contributed by atoms with Crippen LogP contribution in [0.4, 0.5) is 0 Å². The highest BCUT2D eigenvalue weighted by Crippen LogP contribution is 1.90. The van der Waals surface area contributed by atoms with Crippen molar-refractivity contribution in [2.45, 2.75) is 0 Å². The summed E-state index contributed by atoms with van der Waals surface area (Å²) < 4.78 is 0. The molecule has 0 unspecified atom stereocenters. The topological polar surface area (TPSA) is 82.7 Å². The summed E-state index contributed by atoms with van der Waals surface area (Å²) in [5.41, 5.74) is -0.279. The molecule has 0 aromatic rings. The molecule has 0 rings (SSSR count). The average Bonchev–Trinajstić information content (AvgIpc) is 1.98. The van der Waals surface area contributed by atoms with Crippen molar-refractivity contribution < 1.29 is 9.59 Å². The molecule has 0 N–H and O–H groups in total. The summed E-state index contributed by atoms with van der Waals surface area (Å²) in [6.07, 6.45) is 3.09. The van der Waals surface area contributed by atoms with Gasteiger partial charge in [-0.2, -0.15) is 15.2 Å². The molecule has 48 valence electrons. The van der Waals surface area contributed by atoms with Crippen molar-refractivity contribution in [3.8, 4) is 6.07 Å². The average molecular weight is 135 g/mol. The molecule has 0 radical (unpaired) electrons. The number of rotatable bonds is 2. The number of nitrogens with zero attached hydrogens (tertiary/aromatic N) is 3. The largest absolute Gasteiger partial charge is 0.241 e. The van der Waals surface area contributed by atoms with Crippen molar-refractivity contribution in [1.29, 1.82) is 5.26 Å². The lowest BCUT2D eigenvalue weighted by Crippen LogP contribution is -1.68. The van der Waals surface area contributed by atoms with Crippen LogP contribution in [0.3, 0.4) is 0 Å². The standard InChI is InChI=1S/C5HN3O2/c6-1-5(8-4-10)2-7-3-9/h2H/b5-2-. The molecule has 10 heavy (non-hydrogen) atoms. The van der Waals surface area contributed by atoms with E-state index in [-0.39, 0.29) is 5.70 Å². The fraction of sp³-hybridized carbons (Fsp3) is 0. The van der Waals surface area contributed by atoms with Gasteiger partial charge in [0.15, 0.2) is 5.70 Å². The van der Waals surface area contributed by atoms with E-state index < -0.39 is 0 Å². The van der Waals surface area contributed by atoms with E-state index >= 15 is 0 Å². The first-order valence-electron chi connectivity index (χ1n) is 2.10. The van der Waals surface area contributed by atoms with Gasteiger partial charge in [-0.05, 0) is 0 Å². The normalized spacial score (nSPS) is 8.50. The predicted molar refractivity (Wildman–Crippen MR) is 29.9 cm³/mol. The van der Waals surface area contributed by atoms with Crippen molar-refractivity contribution >= 4 is 12.2 Å². The van der Waals surface area contributed by atoms with E-state index in [9.17, 15) is 9.59 Å². The summed E-state index contributed by atoms with van der Waals surface area (Å²) >= 11 is 0. The van der Waals surface area contributed by atoms with Crippen molar-refractivity contribution in [1.82, 2.24) is 0 Å². The van der Waals surface area contributed by atoms with Crippen LogP contribution in [0.5, 0.6) is 0 Å². The molecule has 0 amide bonds. The molecule has 0 aliphatic heterocycles. The first-order chi connectivity index (χ1) is 4.85. The van der Waals surface area contributed by atoms with Gasteiger partial charge in [0, 0.05) is 0 Å². The van der Waals surface area contributed by atoms with E-state index in [1.807, 2.05) is 0 Å². The molecule has 0 saturated carbocycles. The molecule has 0 aromatic heterocycles. The maximum Gasteiger partial charge on any atom is 0.241 e. The van der Waals surface area contributed by atoms with E-state index in [0.29, 0.717) is 0 Å². The van der Waals surface area contributed by atoms with Gasteiger partial charge in [0.05, 0.1) is 6.20 Å². The van der Waals surface area contributed by atoms with Gasteiger partial charge in [-0.3, -0.25) is 0 Å². The summed E-state index contributed by atoms with van der Waals surface area (Å²) in [5.74, 6) is 0. The van der Waals surface area contributed by atoms with E-state index in [4.69, 9.17) is 5.26 Å².